The number of aromatic nitrogens is 2. The first-order valence-electron chi connectivity index (χ1n) is 9.86. The van der Waals surface area contributed by atoms with Crippen molar-refractivity contribution in [1.29, 1.82) is 0 Å². The van der Waals surface area contributed by atoms with Gasteiger partial charge in [0.2, 0.25) is 17.6 Å². The van der Waals surface area contributed by atoms with Crippen LogP contribution in [-0.2, 0) is 11.4 Å². The quantitative estimate of drug-likeness (QED) is 0.622. The predicted molar refractivity (Wildman–Crippen MR) is 112 cm³/mol. The Morgan fingerprint density at radius 2 is 2.06 bits per heavy atom. The molecule has 1 N–H and O–H groups in total. The molecule has 9 nitrogen and oxygen atoms in total. The van der Waals surface area contributed by atoms with E-state index in [1.165, 1.54) is 7.11 Å². The summed E-state index contributed by atoms with van der Waals surface area (Å²) in [6.45, 7) is 2.43. The molecule has 1 saturated heterocycles. The largest absolute Gasteiger partial charge is 0.494 e. The number of rotatable bonds is 7. The minimum atomic E-state index is -0.341. The maximum atomic E-state index is 12.9. The monoisotopic (exact) mass is 422 g/mol. The molecule has 160 valence electrons. The molecule has 0 radical (unpaired) electrons. The van der Waals surface area contributed by atoms with Crippen molar-refractivity contribution < 1.29 is 23.6 Å². The molecule has 2 amide bonds. The number of benzene rings is 2. The Morgan fingerprint density at radius 3 is 2.77 bits per heavy atom. The number of carbonyl (C=O) groups excluding carboxylic acids is 2. The number of amides is 2. The van der Waals surface area contributed by atoms with Gasteiger partial charge in [-0.15, -0.1) is 0 Å². The Bertz CT molecular complexity index is 1110. The number of nitrogens with zero attached hydrogens (tertiary/aromatic N) is 3. The molecule has 0 aliphatic carbocycles. The van der Waals surface area contributed by atoms with E-state index in [4.69, 9.17) is 14.0 Å². The molecule has 1 aliphatic heterocycles. The molecular weight excluding hydrogens is 400 g/mol. The average Bonchev–Trinajstić information content (AvgIpc) is 3.40. The Balaban J connectivity index is 1.50. The fourth-order valence-electron chi connectivity index (χ4n) is 3.40. The van der Waals surface area contributed by atoms with E-state index in [-0.39, 0.29) is 18.4 Å². The number of hydrogen-bond acceptors (Lipinski definition) is 7. The van der Waals surface area contributed by atoms with Crippen LogP contribution < -0.4 is 19.7 Å². The van der Waals surface area contributed by atoms with Crippen LogP contribution in [0, 0.1) is 6.92 Å². The van der Waals surface area contributed by atoms with Crippen LogP contribution in [0.15, 0.2) is 47.0 Å². The van der Waals surface area contributed by atoms with Crippen LogP contribution in [0.5, 0.6) is 11.5 Å². The van der Waals surface area contributed by atoms with Gasteiger partial charge in [0.15, 0.2) is 6.61 Å². The van der Waals surface area contributed by atoms with Crippen molar-refractivity contribution in [2.75, 3.05) is 23.9 Å². The third-order valence-corrected chi connectivity index (χ3v) is 4.86. The summed E-state index contributed by atoms with van der Waals surface area (Å²) in [5.41, 5.74) is 1.60. The molecule has 0 bridgehead atoms. The minimum absolute atomic E-state index is 0.0676. The fraction of sp³-hybridized carbons (Fsp3) is 0.273. The van der Waals surface area contributed by atoms with Gasteiger partial charge in [-0.2, -0.15) is 4.98 Å². The first kappa shape index (κ1) is 20.4. The summed E-state index contributed by atoms with van der Waals surface area (Å²) in [4.78, 5) is 30.8. The number of para-hydroxylation sites is 1. The molecule has 0 saturated carbocycles. The Kier molecular flexibility index (Phi) is 5.83. The van der Waals surface area contributed by atoms with Gasteiger partial charge in [-0.3, -0.25) is 9.59 Å². The molecule has 0 spiro atoms. The number of anilines is 2. The molecule has 2 aromatic carbocycles. The van der Waals surface area contributed by atoms with E-state index in [1.54, 1.807) is 54.3 Å². The van der Waals surface area contributed by atoms with Gasteiger partial charge in [0.05, 0.1) is 18.4 Å². The number of aryl methyl sites for hydroxylation is 1. The van der Waals surface area contributed by atoms with Crippen molar-refractivity contribution in [1.82, 2.24) is 10.1 Å². The first-order valence-corrected chi connectivity index (χ1v) is 9.86. The molecule has 1 aliphatic rings. The third-order valence-electron chi connectivity index (χ3n) is 4.86. The second-order valence-corrected chi connectivity index (χ2v) is 7.00. The molecule has 31 heavy (non-hydrogen) atoms. The third kappa shape index (κ3) is 4.50. The van der Waals surface area contributed by atoms with Gasteiger partial charge in [-0.25, -0.2) is 0 Å². The molecule has 2 heterocycles. The van der Waals surface area contributed by atoms with Crippen LogP contribution in [0.4, 0.5) is 11.4 Å². The lowest BCUT2D eigenvalue weighted by molar-refractivity contribution is -0.117. The number of carbonyl (C=O) groups is 2. The van der Waals surface area contributed by atoms with Gasteiger partial charge in [0.25, 0.3) is 5.91 Å². The molecule has 0 unspecified atom stereocenters. The number of ether oxygens (including phenoxy) is 2. The highest BCUT2D eigenvalue weighted by atomic mass is 16.5. The average molecular weight is 422 g/mol. The van der Waals surface area contributed by atoms with E-state index in [9.17, 15) is 9.59 Å². The van der Waals surface area contributed by atoms with E-state index in [2.05, 4.69) is 15.5 Å². The summed E-state index contributed by atoms with van der Waals surface area (Å²) in [5, 5.41) is 6.64. The maximum Gasteiger partial charge on any atom is 0.259 e. The zero-order chi connectivity index (χ0) is 21.8. The van der Waals surface area contributed by atoms with Crippen molar-refractivity contribution in [3.63, 3.8) is 0 Å². The van der Waals surface area contributed by atoms with Crippen molar-refractivity contribution in [2.45, 2.75) is 26.4 Å². The van der Waals surface area contributed by atoms with Gasteiger partial charge in [-0.05, 0) is 30.7 Å². The Hall–Kier alpha value is -3.88. The summed E-state index contributed by atoms with van der Waals surface area (Å²) in [6.07, 6.45) is 1.35. The Labute approximate surface area is 179 Å². The van der Waals surface area contributed by atoms with Crippen molar-refractivity contribution in [2.24, 2.45) is 0 Å². The lowest BCUT2D eigenvalue weighted by Crippen LogP contribution is -2.24. The second kappa shape index (κ2) is 8.86. The summed E-state index contributed by atoms with van der Waals surface area (Å²) in [7, 11) is 1.54. The highest BCUT2D eigenvalue weighted by Crippen LogP contribution is 2.34. The van der Waals surface area contributed by atoms with Crippen LogP contribution in [0.25, 0.3) is 0 Å². The summed E-state index contributed by atoms with van der Waals surface area (Å²) in [5.74, 6) is 1.48. The minimum Gasteiger partial charge on any atom is -0.494 e. The van der Waals surface area contributed by atoms with E-state index in [0.29, 0.717) is 53.1 Å². The molecule has 0 atom stereocenters. The standard InChI is InChI=1S/C22H22N4O5/c1-14-23-20(25-31-14)13-30-18-7-4-3-6-16(18)22(28)24-15-9-10-17(19(12-15)29-2)26-11-5-8-21(26)27/h3-4,6-7,9-10,12H,5,8,11,13H2,1-2H3,(H,24,28). The van der Waals surface area contributed by atoms with E-state index in [0.717, 1.165) is 6.42 Å². The van der Waals surface area contributed by atoms with E-state index < -0.39 is 0 Å². The van der Waals surface area contributed by atoms with Crippen molar-refractivity contribution in [3.8, 4) is 11.5 Å². The molecule has 3 aromatic rings. The van der Waals surface area contributed by atoms with Crippen LogP contribution in [0.1, 0.15) is 34.9 Å². The normalized spacial score (nSPS) is 13.4. The second-order valence-electron chi connectivity index (χ2n) is 7.00. The van der Waals surface area contributed by atoms with Crippen LogP contribution >= 0.6 is 0 Å². The molecular formula is C22H22N4O5. The molecule has 4 rings (SSSR count). The Morgan fingerprint density at radius 1 is 1.23 bits per heavy atom. The number of nitrogens with one attached hydrogen (secondary N) is 1. The van der Waals surface area contributed by atoms with Crippen LogP contribution in [0.2, 0.25) is 0 Å². The van der Waals surface area contributed by atoms with Gasteiger partial charge in [0, 0.05) is 31.6 Å². The highest BCUT2D eigenvalue weighted by molar-refractivity contribution is 6.06. The zero-order valence-corrected chi connectivity index (χ0v) is 17.3. The smallest absolute Gasteiger partial charge is 0.259 e. The lowest BCUT2D eigenvalue weighted by Gasteiger charge is -2.20. The molecule has 9 heteroatoms. The predicted octanol–water partition coefficient (Wildman–Crippen LogP) is 3.34. The SMILES string of the molecule is COc1cc(NC(=O)c2ccccc2OCc2noc(C)n2)ccc1N1CCCC1=O. The fourth-order valence-corrected chi connectivity index (χ4v) is 3.40. The maximum absolute atomic E-state index is 12.9. The van der Waals surface area contributed by atoms with Gasteiger partial charge in [-0.1, -0.05) is 17.3 Å². The number of hydrogen-bond donors (Lipinski definition) is 1. The van der Waals surface area contributed by atoms with E-state index in [1.807, 2.05) is 0 Å². The highest BCUT2D eigenvalue weighted by Gasteiger charge is 2.24. The van der Waals surface area contributed by atoms with Gasteiger partial charge >= 0.3 is 0 Å². The lowest BCUT2D eigenvalue weighted by atomic mass is 10.1. The topological polar surface area (TPSA) is 107 Å². The number of methoxy groups -OCH3 is 1. The van der Waals surface area contributed by atoms with Gasteiger partial charge in [0.1, 0.15) is 11.5 Å². The van der Waals surface area contributed by atoms with Gasteiger partial charge < -0.3 is 24.2 Å². The van der Waals surface area contributed by atoms with Crippen LogP contribution in [-0.4, -0.2) is 35.6 Å². The van der Waals surface area contributed by atoms with E-state index >= 15 is 0 Å². The first-order chi connectivity index (χ1) is 15.0. The summed E-state index contributed by atoms with van der Waals surface area (Å²) < 4.78 is 16.1. The summed E-state index contributed by atoms with van der Waals surface area (Å²) in [6, 6.07) is 12.1. The van der Waals surface area contributed by atoms with Crippen LogP contribution in [0.3, 0.4) is 0 Å². The van der Waals surface area contributed by atoms with Crippen molar-refractivity contribution in [3.05, 3.63) is 59.7 Å². The molecule has 1 fully saturated rings. The zero-order valence-electron chi connectivity index (χ0n) is 17.3. The van der Waals surface area contributed by atoms with Crippen molar-refractivity contribution >= 4 is 23.2 Å². The summed E-state index contributed by atoms with van der Waals surface area (Å²) >= 11 is 0. The molecule has 1 aromatic heterocycles.